The highest BCUT2D eigenvalue weighted by Crippen LogP contribution is 2.09. The van der Waals surface area contributed by atoms with Gasteiger partial charge in [-0.15, -0.1) is 0 Å². The van der Waals surface area contributed by atoms with E-state index >= 15 is 0 Å². The molecule has 0 aliphatic heterocycles. The number of aliphatic hydroxyl groups excluding tert-OH is 1. The van der Waals surface area contributed by atoms with Crippen LogP contribution in [0.3, 0.4) is 0 Å². The van der Waals surface area contributed by atoms with Gasteiger partial charge >= 0.3 is 0 Å². The number of pyridine rings is 1. The lowest BCUT2D eigenvalue weighted by atomic mass is 10.4. The van der Waals surface area contributed by atoms with Crippen LogP contribution in [0.4, 0.5) is 5.69 Å². The van der Waals surface area contributed by atoms with E-state index < -0.39 is 0 Å². The Balaban J connectivity index is 2.74. The molecule has 1 aromatic heterocycles. The third-order valence-electron chi connectivity index (χ3n) is 1.58. The highest BCUT2D eigenvalue weighted by atomic mass is 16.3. The van der Waals surface area contributed by atoms with Crippen LogP contribution in [0.1, 0.15) is 6.92 Å². The number of rotatable bonds is 3. The van der Waals surface area contributed by atoms with Gasteiger partial charge in [0.05, 0.1) is 0 Å². The van der Waals surface area contributed by atoms with E-state index in [1.54, 1.807) is 12.4 Å². The SMILES string of the molecule is CCN(CO)c1ccncc1. The van der Waals surface area contributed by atoms with Crippen LogP contribution in [-0.2, 0) is 0 Å². The highest BCUT2D eigenvalue weighted by molar-refractivity contribution is 5.43. The van der Waals surface area contributed by atoms with Crippen LogP contribution in [0, 0.1) is 0 Å². The molecule has 0 aromatic carbocycles. The first-order chi connectivity index (χ1) is 5.38. The lowest BCUT2D eigenvalue weighted by Gasteiger charge is -2.18. The van der Waals surface area contributed by atoms with Gasteiger partial charge in [-0.25, -0.2) is 0 Å². The van der Waals surface area contributed by atoms with Crippen molar-refractivity contribution in [1.82, 2.24) is 4.98 Å². The van der Waals surface area contributed by atoms with Crippen molar-refractivity contribution in [1.29, 1.82) is 0 Å². The molecule has 3 nitrogen and oxygen atoms in total. The number of aliphatic hydroxyl groups is 1. The molecule has 0 aliphatic rings. The average Bonchev–Trinajstić information content (AvgIpc) is 2.09. The van der Waals surface area contributed by atoms with Crippen LogP contribution < -0.4 is 4.90 Å². The second-order valence-electron chi connectivity index (χ2n) is 2.20. The first kappa shape index (κ1) is 8.01. The first-order valence-corrected chi connectivity index (χ1v) is 3.64. The summed E-state index contributed by atoms with van der Waals surface area (Å²) in [4.78, 5) is 5.74. The molecule has 1 heterocycles. The van der Waals surface area contributed by atoms with Crippen molar-refractivity contribution >= 4 is 5.69 Å². The van der Waals surface area contributed by atoms with Gasteiger partial charge in [-0.3, -0.25) is 4.98 Å². The third-order valence-corrected chi connectivity index (χ3v) is 1.58. The Morgan fingerprint density at radius 3 is 2.55 bits per heavy atom. The van der Waals surface area contributed by atoms with Crippen molar-refractivity contribution in [3.63, 3.8) is 0 Å². The van der Waals surface area contributed by atoms with Crippen LogP contribution in [0.15, 0.2) is 24.5 Å². The average molecular weight is 152 g/mol. The van der Waals surface area contributed by atoms with Crippen LogP contribution in [0.5, 0.6) is 0 Å². The zero-order valence-electron chi connectivity index (χ0n) is 6.57. The van der Waals surface area contributed by atoms with E-state index in [1.807, 2.05) is 24.0 Å². The monoisotopic (exact) mass is 152 g/mol. The van der Waals surface area contributed by atoms with Gasteiger partial charge in [0.2, 0.25) is 0 Å². The molecule has 0 spiro atoms. The molecule has 0 radical (unpaired) electrons. The largest absolute Gasteiger partial charge is 0.376 e. The van der Waals surface area contributed by atoms with Crippen LogP contribution in [-0.4, -0.2) is 23.4 Å². The Labute approximate surface area is 66.3 Å². The van der Waals surface area contributed by atoms with Crippen molar-refractivity contribution in [3.05, 3.63) is 24.5 Å². The van der Waals surface area contributed by atoms with E-state index in [-0.39, 0.29) is 6.73 Å². The maximum atomic E-state index is 8.88. The predicted molar refractivity (Wildman–Crippen MR) is 44.3 cm³/mol. The van der Waals surface area contributed by atoms with Gasteiger partial charge in [-0.1, -0.05) is 0 Å². The van der Waals surface area contributed by atoms with Gasteiger partial charge in [-0.2, -0.15) is 0 Å². The second kappa shape index (κ2) is 3.93. The van der Waals surface area contributed by atoms with Crippen molar-refractivity contribution < 1.29 is 5.11 Å². The van der Waals surface area contributed by atoms with Gasteiger partial charge in [0.1, 0.15) is 6.73 Å². The van der Waals surface area contributed by atoms with Gasteiger partial charge in [0, 0.05) is 24.6 Å². The molecule has 0 fully saturated rings. The zero-order valence-corrected chi connectivity index (χ0v) is 6.57. The van der Waals surface area contributed by atoms with E-state index in [9.17, 15) is 0 Å². The van der Waals surface area contributed by atoms with Crippen molar-refractivity contribution in [2.24, 2.45) is 0 Å². The minimum atomic E-state index is 0.0561. The summed E-state index contributed by atoms with van der Waals surface area (Å²) >= 11 is 0. The van der Waals surface area contributed by atoms with Gasteiger partial charge < -0.3 is 10.0 Å². The highest BCUT2D eigenvalue weighted by Gasteiger charge is 1.98. The molecule has 0 atom stereocenters. The van der Waals surface area contributed by atoms with Crippen molar-refractivity contribution in [2.75, 3.05) is 18.2 Å². The standard InChI is InChI=1S/C8H12N2O/c1-2-10(7-11)8-3-5-9-6-4-8/h3-6,11H,2,7H2,1H3. The molecule has 3 heteroatoms. The number of hydrogen-bond acceptors (Lipinski definition) is 3. The molecule has 60 valence electrons. The Morgan fingerprint density at radius 1 is 1.45 bits per heavy atom. The number of anilines is 1. The fourth-order valence-electron chi connectivity index (χ4n) is 0.919. The maximum absolute atomic E-state index is 8.88. The predicted octanol–water partition coefficient (Wildman–Crippen LogP) is 0.858. The maximum Gasteiger partial charge on any atom is 0.115 e. The minimum Gasteiger partial charge on any atom is -0.376 e. The fraction of sp³-hybridized carbons (Fsp3) is 0.375. The van der Waals surface area contributed by atoms with Crippen LogP contribution in [0.25, 0.3) is 0 Å². The Bertz CT molecular complexity index is 197. The Hall–Kier alpha value is -1.09. The summed E-state index contributed by atoms with van der Waals surface area (Å²) in [6, 6.07) is 3.75. The molecule has 0 unspecified atom stereocenters. The molecular weight excluding hydrogens is 140 g/mol. The summed E-state index contributed by atoms with van der Waals surface area (Å²) in [6.07, 6.45) is 3.43. The molecule has 11 heavy (non-hydrogen) atoms. The lowest BCUT2D eigenvalue weighted by molar-refractivity contribution is 0.293. The van der Waals surface area contributed by atoms with Gasteiger partial charge in [0.25, 0.3) is 0 Å². The Morgan fingerprint density at radius 2 is 2.09 bits per heavy atom. The first-order valence-electron chi connectivity index (χ1n) is 3.64. The molecular formula is C8H12N2O. The summed E-state index contributed by atoms with van der Waals surface area (Å²) in [5, 5.41) is 8.88. The smallest absolute Gasteiger partial charge is 0.115 e. The number of hydrogen-bond donors (Lipinski definition) is 1. The Kier molecular flexibility index (Phi) is 2.86. The summed E-state index contributed by atoms with van der Waals surface area (Å²) < 4.78 is 0. The van der Waals surface area contributed by atoms with Crippen molar-refractivity contribution in [2.45, 2.75) is 6.92 Å². The summed E-state index contributed by atoms with van der Waals surface area (Å²) in [6.45, 7) is 2.86. The number of aromatic nitrogens is 1. The summed E-state index contributed by atoms with van der Waals surface area (Å²) in [5.74, 6) is 0. The topological polar surface area (TPSA) is 36.4 Å². The molecule has 0 saturated carbocycles. The molecule has 1 aromatic rings. The second-order valence-corrected chi connectivity index (χ2v) is 2.20. The zero-order chi connectivity index (χ0) is 8.10. The van der Waals surface area contributed by atoms with Gasteiger partial charge in [0.15, 0.2) is 0 Å². The van der Waals surface area contributed by atoms with E-state index in [1.165, 1.54) is 0 Å². The minimum absolute atomic E-state index is 0.0561. The fourth-order valence-corrected chi connectivity index (χ4v) is 0.919. The lowest BCUT2D eigenvalue weighted by Crippen LogP contribution is -2.23. The van der Waals surface area contributed by atoms with E-state index in [2.05, 4.69) is 4.98 Å². The molecule has 1 N–H and O–H groups in total. The van der Waals surface area contributed by atoms with Crippen molar-refractivity contribution in [3.8, 4) is 0 Å². The summed E-state index contributed by atoms with van der Waals surface area (Å²) in [5.41, 5.74) is 1.00. The van der Waals surface area contributed by atoms with E-state index in [4.69, 9.17) is 5.11 Å². The molecule has 0 amide bonds. The van der Waals surface area contributed by atoms with Gasteiger partial charge in [-0.05, 0) is 19.1 Å². The molecule has 0 bridgehead atoms. The molecule has 0 saturated heterocycles. The molecule has 1 rings (SSSR count). The van der Waals surface area contributed by atoms with E-state index in [0.717, 1.165) is 12.2 Å². The van der Waals surface area contributed by atoms with Crippen LogP contribution >= 0.6 is 0 Å². The molecule has 0 aliphatic carbocycles. The quantitative estimate of drug-likeness (QED) is 0.652. The number of nitrogens with zero attached hydrogens (tertiary/aromatic N) is 2. The normalized spacial score (nSPS) is 9.64. The van der Waals surface area contributed by atoms with Crippen LogP contribution in [0.2, 0.25) is 0 Å². The van der Waals surface area contributed by atoms with E-state index in [0.29, 0.717) is 0 Å². The summed E-state index contributed by atoms with van der Waals surface area (Å²) in [7, 11) is 0. The third kappa shape index (κ3) is 1.91.